The maximum Gasteiger partial charge on any atom is 0.193 e. The van der Waals surface area contributed by atoms with Crippen LogP contribution in [0.2, 0.25) is 6.04 Å². The van der Waals surface area contributed by atoms with Crippen molar-refractivity contribution in [2.75, 3.05) is 25.6 Å². The van der Waals surface area contributed by atoms with Crippen LogP contribution in [0.3, 0.4) is 0 Å². The number of hydrogen-bond donors (Lipinski definition) is 0. The van der Waals surface area contributed by atoms with Crippen molar-refractivity contribution in [1.29, 1.82) is 0 Å². The Morgan fingerprint density at radius 3 is 2.05 bits per heavy atom. The Kier molecular flexibility index (Phi) is 5.78. The van der Waals surface area contributed by atoms with E-state index in [0.29, 0.717) is 11.1 Å². The van der Waals surface area contributed by atoms with Gasteiger partial charge in [-0.05, 0) is 55.0 Å². The van der Waals surface area contributed by atoms with Crippen LogP contribution in [0.5, 0.6) is 5.75 Å². The van der Waals surface area contributed by atoms with E-state index in [1.807, 2.05) is 67.5 Å². The zero-order valence-electron chi connectivity index (χ0n) is 13.5. The SMILES string of the molecule is CN(C)c1ccc(C(=O)c2ccc(OCCC[SiH3])cc2)cc1. The van der Waals surface area contributed by atoms with Gasteiger partial charge >= 0.3 is 0 Å². The summed E-state index contributed by atoms with van der Waals surface area (Å²) in [5, 5.41) is 0. The molecule has 4 heteroatoms. The molecular weight excluding hydrogens is 290 g/mol. The molecule has 0 fully saturated rings. The van der Waals surface area contributed by atoms with Crippen LogP contribution < -0.4 is 9.64 Å². The summed E-state index contributed by atoms with van der Waals surface area (Å²) >= 11 is 0. The second kappa shape index (κ2) is 7.80. The minimum absolute atomic E-state index is 0.0383. The predicted octanol–water partition coefficient (Wildman–Crippen LogP) is 2.54. The van der Waals surface area contributed by atoms with E-state index in [1.54, 1.807) is 0 Å². The molecule has 0 amide bonds. The van der Waals surface area contributed by atoms with Crippen LogP contribution in [-0.2, 0) is 0 Å². The van der Waals surface area contributed by atoms with Crippen LogP contribution in [0.15, 0.2) is 48.5 Å². The molecule has 0 spiro atoms. The summed E-state index contributed by atoms with van der Waals surface area (Å²) in [6, 6.07) is 16.3. The summed E-state index contributed by atoms with van der Waals surface area (Å²) in [5.41, 5.74) is 2.47. The number of carbonyl (C=O) groups excluding carboxylic acids is 1. The maximum absolute atomic E-state index is 12.4. The van der Waals surface area contributed by atoms with E-state index in [0.717, 1.165) is 24.5 Å². The molecule has 116 valence electrons. The molecule has 0 aliphatic heterocycles. The van der Waals surface area contributed by atoms with Crippen molar-refractivity contribution in [2.45, 2.75) is 12.5 Å². The molecule has 0 aliphatic rings. The number of ether oxygens (including phenoxy) is 1. The summed E-state index contributed by atoms with van der Waals surface area (Å²) in [4.78, 5) is 14.5. The van der Waals surface area contributed by atoms with Gasteiger partial charge in [-0.15, -0.1) is 0 Å². The highest BCUT2D eigenvalue weighted by molar-refractivity contribution is 6.09. The molecule has 0 saturated heterocycles. The number of hydrogen-bond acceptors (Lipinski definition) is 3. The third kappa shape index (κ3) is 4.21. The topological polar surface area (TPSA) is 29.5 Å². The third-order valence-electron chi connectivity index (χ3n) is 3.53. The molecule has 2 rings (SSSR count). The van der Waals surface area contributed by atoms with Gasteiger partial charge in [0, 0.05) is 41.2 Å². The average Bonchev–Trinajstić information content (AvgIpc) is 2.55. The monoisotopic (exact) mass is 313 g/mol. The zero-order chi connectivity index (χ0) is 15.9. The predicted molar refractivity (Wildman–Crippen MR) is 95.5 cm³/mol. The van der Waals surface area contributed by atoms with Gasteiger partial charge in [0.25, 0.3) is 0 Å². The van der Waals surface area contributed by atoms with Gasteiger partial charge in [-0.3, -0.25) is 4.79 Å². The Morgan fingerprint density at radius 2 is 1.55 bits per heavy atom. The molecule has 0 saturated carbocycles. The van der Waals surface area contributed by atoms with Crippen molar-refractivity contribution in [2.24, 2.45) is 0 Å². The highest BCUT2D eigenvalue weighted by Crippen LogP contribution is 2.18. The van der Waals surface area contributed by atoms with Crippen LogP contribution in [0, 0.1) is 0 Å². The van der Waals surface area contributed by atoms with E-state index in [2.05, 4.69) is 0 Å². The largest absolute Gasteiger partial charge is 0.494 e. The van der Waals surface area contributed by atoms with E-state index in [4.69, 9.17) is 4.74 Å². The first kappa shape index (κ1) is 16.3. The van der Waals surface area contributed by atoms with Gasteiger partial charge in [0.15, 0.2) is 5.78 Å². The number of ketones is 1. The molecule has 0 aliphatic carbocycles. The Morgan fingerprint density at radius 1 is 1.00 bits per heavy atom. The van der Waals surface area contributed by atoms with Crippen LogP contribution in [0.25, 0.3) is 0 Å². The second-order valence-electron chi connectivity index (χ2n) is 5.50. The fraction of sp³-hybridized carbons (Fsp3) is 0.278. The van der Waals surface area contributed by atoms with E-state index in [9.17, 15) is 4.79 Å². The maximum atomic E-state index is 12.4. The van der Waals surface area contributed by atoms with Crippen molar-refractivity contribution in [3.05, 3.63) is 59.7 Å². The number of carbonyl (C=O) groups is 1. The summed E-state index contributed by atoms with van der Waals surface area (Å²) in [6.45, 7) is 0.753. The molecule has 2 aromatic rings. The van der Waals surface area contributed by atoms with E-state index < -0.39 is 0 Å². The lowest BCUT2D eigenvalue weighted by molar-refractivity contribution is 0.103. The highest BCUT2D eigenvalue weighted by Gasteiger charge is 2.09. The summed E-state index contributed by atoms with van der Waals surface area (Å²) in [6.07, 6.45) is 1.10. The minimum Gasteiger partial charge on any atom is -0.494 e. The quantitative estimate of drug-likeness (QED) is 0.447. The lowest BCUT2D eigenvalue weighted by Crippen LogP contribution is -2.09. The molecule has 0 radical (unpaired) electrons. The first-order valence-electron chi connectivity index (χ1n) is 7.66. The van der Waals surface area contributed by atoms with Crippen molar-refractivity contribution in [1.82, 2.24) is 0 Å². The highest BCUT2D eigenvalue weighted by atomic mass is 28.1. The van der Waals surface area contributed by atoms with Gasteiger partial charge in [0.2, 0.25) is 0 Å². The van der Waals surface area contributed by atoms with Gasteiger partial charge in [0.05, 0.1) is 6.61 Å². The molecule has 22 heavy (non-hydrogen) atoms. The van der Waals surface area contributed by atoms with Gasteiger partial charge in [-0.2, -0.15) is 0 Å². The van der Waals surface area contributed by atoms with Gasteiger partial charge < -0.3 is 9.64 Å². The van der Waals surface area contributed by atoms with E-state index in [-0.39, 0.29) is 5.78 Å². The van der Waals surface area contributed by atoms with Gasteiger partial charge in [-0.1, -0.05) is 6.04 Å². The van der Waals surface area contributed by atoms with Gasteiger partial charge in [0.1, 0.15) is 5.75 Å². The molecule has 3 nitrogen and oxygen atoms in total. The van der Waals surface area contributed by atoms with Crippen LogP contribution in [-0.4, -0.2) is 36.7 Å². The number of benzene rings is 2. The fourth-order valence-electron chi connectivity index (χ4n) is 2.11. The van der Waals surface area contributed by atoms with Crippen molar-refractivity contribution >= 4 is 21.7 Å². The van der Waals surface area contributed by atoms with Crippen LogP contribution in [0.4, 0.5) is 5.69 Å². The molecule has 0 aromatic heterocycles. The number of rotatable bonds is 7. The summed E-state index contributed by atoms with van der Waals surface area (Å²) in [5.74, 6) is 0.867. The first-order chi connectivity index (χ1) is 10.6. The van der Waals surface area contributed by atoms with E-state index in [1.165, 1.54) is 16.3 Å². The van der Waals surface area contributed by atoms with Crippen LogP contribution >= 0.6 is 0 Å². The van der Waals surface area contributed by atoms with Gasteiger partial charge in [-0.25, -0.2) is 0 Å². The van der Waals surface area contributed by atoms with Crippen molar-refractivity contribution < 1.29 is 9.53 Å². The van der Waals surface area contributed by atoms with Crippen molar-refractivity contribution in [3.8, 4) is 5.75 Å². The molecule has 0 heterocycles. The minimum atomic E-state index is 0.0383. The smallest absolute Gasteiger partial charge is 0.193 e. The number of anilines is 1. The first-order valence-corrected chi connectivity index (χ1v) is 9.08. The molecule has 0 unspecified atom stereocenters. The molecule has 2 aromatic carbocycles. The molecular formula is C18H23NO2Si. The Balaban J connectivity index is 2.05. The summed E-state index contributed by atoms with van der Waals surface area (Å²) < 4.78 is 5.63. The lowest BCUT2D eigenvalue weighted by Gasteiger charge is -2.12. The Hall–Kier alpha value is -2.07. The van der Waals surface area contributed by atoms with Crippen LogP contribution in [0.1, 0.15) is 22.3 Å². The zero-order valence-corrected chi connectivity index (χ0v) is 15.5. The molecule has 0 N–H and O–H groups in total. The normalized spacial score (nSPS) is 10.5. The third-order valence-corrected chi connectivity index (χ3v) is 4.24. The standard InChI is InChI=1S/C18H23NO2Si/c1-19(2)16-8-4-14(5-9-16)18(20)15-6-10-17(11-7-15)21-12-3-13-22/h4-11H,3,12-13H2,1-2,22H3. The Labute approximate surface area is 135 Å². The second-order valence-corrected chi connectivity index (χ2v) is 6.50. The van der Waals surface area contributed by atoms with Crippen molar-refractivity contribution in [3.63, 3.8) is 0 Å². The average molecular weight is 313 g/mol. The molecule has 0 bridgehead atoms. The Bertz CT molecular complexity index is 606. The fourth-order valence-corrected chi connectivity index (χ4v) is 2.40. The number of nitrogens with zero attached hydrogens (tertiary/aromatic N) is 1. The summed E-state index contributed by atoms with van der Waals surface area (Å²) in [7, 11) is 5.18. The molecule has 0 atom stereocenters. The van der Waals surface area contributed by atoms with E-state index >= 15 is 0 Å². The lowest BCUT2D eigenvalue weighted by atomic mass is 10.0.